The summed E-state index contributed by atoms with van der Waals surface area (Å²) in [6.07, 6.45) is 65.4. The van der Waals surface area contributed by atoms with Crippen molar-refractivity contribution < 1.29 is 80.2 Å². The molecule has 19 heteroatoms. The minimum absolute atomic E-state index is 0.105. The number of phosphoric acid groups is 2. The number of ether oxygens (including phenoxy) is 4. The van der Waals surface area contributed by atoms with E-state index in [0.717, 1.165) is 108 Å². The molecule has 0 aliphatic carbocycles. The van der Waals surface area contributed by atoms with Gasteiger partial charge in [0.1, 0.15) is 19.3 Å². The van der Waals surface area contributed by atoms with E-state index in [1.165, 1.54) is 257 Å². The van der Waals surface area contributed by atoms with E-state index in [-0.39, 0.29) is 25.7 Å². The van der Waals surface area contributed by atoms with Crippen molar-refractivity contribution in [2.45, 2.75) is 465 Å². The van der Waals surface area contributed by atoms with Gasteiger partial charge in [0.2, 0.25) is 0 Å². The monoisotopic (exact) mass is 1520 g/mol. The molecule has 3 N–H and O–H groups in total. The Morgan fingerprint density at radius 2 is 0.442 bits per heavy atom. The lowest BCUT2D eigenvalue weighted by Crippen LogP contribution is -2.30. The van der Waals surface area contributed by atoms with Crippen LogP contribution in [0, 0.1) is 17.8 Å². The van der Waals surface area contributed by atoms with Crippen molar-refractivity contribution in [2.24, 2.45) is 17.8 Å². The van der Waals surface area contributed by atoms with Gasteiger partial charge in [-0.15, -0.1) is 0 Å². The Kier molecular flexibility index (Phi) is 73.7. The smallest absolute Gasteiger partial charge is 0.462 e. The van der Waals surface area contributed by atoms with Crippen LogP contribution in [-0.2, 0) is 65.4 Å². The molecular formula is C85H166O17P2. The van der Waals surface area contributed by atoms with Crippen molar-refractivity contribution in [2.75, 3.05) is 39.6 Å². The first-order valence-electron chi connectivity index (χ1n) is 43.8. The number of phosphoric ester groups is 2. The minimum atomic E-state index is -4.97. The normalized spacial score (nSPS) is 13.9. The fraction of sp³-hybridized carbons (Fsp3) is 0.953. The van der Waals surface area contributed by atoms with Gasteiger partial charge in [-0.3, -0.25) is 37.3 Å². The standard InChI is InChI=1S/C85H166O17P2/c1-8-9-10-11-12-13-14-15-16-17-18-19-20-21-22-25-29-32-38-47-54-61-68-84(89)101-80(72-95-82(87)66-59-52-45-37-31-28-26-23-24-27-30-35-42-49-56-63-76(2)3)74-99-103(91,92)97-70-79(86)71-98-104(93,94)100-75-81(73-96-83(88)67-60-53-46-41-40-44-51-58-65-78(6)7)102-85(90)69-62-55-48-39-34-33-36-43-50-57-64-77(4)5/h76-81,86H,8-75H2,1-7H3,(H,91,92)(H,93,94)/t79-,80-,81-/m1/s1. The van der Waals surface area contributed by atoms with Crippen LogP contribution in [0.3, 0.4) is 0 Å². The van der Waals surface area contributed by atoms with E-state index in [1.54, 1.807) is 0 Å². The van der Waals surface area contributed by atoms with Crippen molar-refractivity contribution in [1.29, 1.82) is 0 Å². The largest absolute Gasteiger partial charge is 0.472 e. The zero-order chi connectivity index (χ0) is 76.5. The summed E-state index contributed by atoms with van der Waals surface area (Å²) in [4.78, 5) is 73.2. The second-order valence-corrected chi connectivity index (χ2v) is 34.9. The lowest BCUT2D eigenvalue weighted by atomic mass is 10.0. The van der Waals surface area contributed by atoms with Crippen molar-refractivity contribution in [3.8, 4) is 0 Å². The molecule has 0 heterocycles. The number of hydrogen-bond donors (Lipinski definition) is 3. The first-order valence-corrected chi connectivity index (χ1v) is 46.8. The minimum Gasteiger partial charge on any atom is -0.462 e. The third-order valence-corrected chi connectivity index (χ3v) is 21.8. The Bertz CT molecular complexity index is 2010. The maximum Gasteiger partial charge on any atom is 0.472 e. The van der Waals surface area contributed by atoms with Gasteiger partial charge in [0, 0.05) is 25.7 Å². The molecule has 0 saturated carbocycles. The summed E-state index contributed by atoms with van der Waals surface area (Å²) >= 11 is 0. The number of carbonyl (C=O) groups is 4. The zero-order valence-electron chi connectivity index (χ0n) is 68.5. The first kappa shape index (κ1) is 102. The highest BCUT2D eigenvalue weighted by Gasteiger charge is 2.30. The second-order valence-electron chi connectivity index (χ2n) is 32.0. The summed E-state index contributed by atoms with van der Waals surface area (Å²) in [6, 6.07) is 0. The highest BCUT2D eigenvalue weighted by Crippen LogP contribution is 2.45. The van der Waals surface area contributed by atoms with Crippen molar-refractivity contribution in [1.82, 2.24) is 0 Å². The lowest BCUT2D eigenvalue weighted by Gasteiger charge is -2.21. The molecule has 0 bridgehead atoms. The molecule has 0 spiro atoms. The molecule has 0 saturated heterocycles. The van der Waals surface area contributed by atoms with Crippen molar-refractivity contribution >= 4 is 39.5 Å². The van der Waals surface area contributed by atoms with Gasteiger partial charge in [-0.25, -0.2) is 9.13 Å². The summed E-state index contributed by atoms with van der Waals surface area (Å²) in [5, 5.41) is 10.7. The second kappa shape index (κ2) is 75.1. The van der Waals surface area contributed by atoms with E-state index in [9.17, 15) is 43.2 Å². The fourth-order valence-corrected chi connectivity index (χ4v) is 14.8. The van der Waals surface area contributed by atoms with Crippen molar-refractivity contribution in [3.63, 3.8) is 0 Å². The number of aliphatic hydroxyl groups excluding tert-OH is 1. The van der Waals surface area contributed by atoms with Gasteiger partial charge in [0.05, 0.1) is 26.4 Å². The Morgan fingerprint density at radius 1 is 0.260 bits per heavy atom. The van der Waals surface area contributed by atoms with Crippen LogP contribution in [-0.4, -0.2) is 96.7 Å². The molecule has 0 aromatic rings. The van der Waals surface area contributed by atoms with Crippen LogP contribution in [0.4, 0.5) is 0 Å². The highest BCUT2D eigenvalue weighted by atomic mass is 31.2. The van der Waals surface area contributed by atoms with E-state index in [4.69, 9.17) is 37.0 Å². The van der Waals surface area contributed by atoms with Crippen LogP contribution in [0.2, 0.25) is 0 Å². The van der Waals surface area contributed by atoms with Gasteiger partial charge in [-0.05, 0) is 43.4 Å². The molecule has 0 aromatic heterocycles. The molecule has 104 heavy (non-hydrogen) atoms. The summed E-state index contributed by atoms with van der Waals surface area (Å²) in [6.45, 7) is 11.9. The maximum atomic E-state index is 13.1. The number of rotatable bonds is 83. The molecule has 0 rings (SSSR count). The molecule has 17 nitrogen and oxygen atoms in total. The summed E-state index contributed by atoms with van der Waals surface area (Å²) in [5.41, 5.74) is 0. The average molecular weight is 1520 g/mol. The Balaban J connectivity index is 5.22. The van der Waals surface area contributed by atoms with Crippen LogP contribution in [0.15, 0.2) is 0 Å². The number of unbranched alkanes of at least 4 members (excludes halogenated alkanes) is 51. The SMILES string of the molecule is CCCCCCCCCCCCCCCCCCCCCCCCC(=O)O[C@H](COC(=O)CCCCCCCCCCCCCCCCCC(C)C)COP(=O)(O)OC[C@@H](O)COP(=O)(O)OC[C@@H](COC(=O)CCCCCCCCCCC(C)C)OC(=O)CCCCCCCCCCCCC(C)C. The van der Waals surface area contributed by atoms with Crippen LogP contribution in [0.1, 0.15) is 447 Å². The molecule has 618 valence electrons. The van der Waals surface area contributed by atoms with Crippen LogP contribution < -0.4 is 0 Å². The number of esters is 4. The molecule has 5 atom stereocenters. The molecule has 2 unspecified atom stereocenters. The summed E-state index contributed by atoms with van der Waals surface area (Å²) in [7, 11) is -9.93. The van der Waals surface area contributed by atoms with E-state index < -0.39 is 97.5 Å². The molecule has 0 aromatic carbocycles. The average Bonchev–Trinajstić information content (AvgIpc) is 0.913. The van der Waals surface area contributed by atoms with E-state index in [1.807, 2.05) is 0 Å². The predicted molar refractivity (Wildman–Crippen MR) is 428 cm³/mol. The number of hydrogen-bond acceptors (Lipinski definition) is 15. The molecular weight excluding hydrogens is 1350 g/mol. The summed E-state index contributed by atoms with van der Waals surface area (Å²) < 4.78 is 68.8. The number of aliphatic hydroxyl groups is 1. The molecule has 0 radical (unpaired) electrons. The highest BCUT2D eigenvalue weighted by molar-refractivity contribution is 7.47. The third kappa shape index (κ3) is 78.2. The predicted octanol–water partition coefficient (Wildman–Crippen LogP) is 25.7. The first-order chi connectivity index (χ1) is 50.2. The van der Waals surface area contributed by atoms with Gasteiger partial charge >= 0.3 is 39.5 Å². The zero-order valence-corrected chi connectivity index (χ0v) is 70.3. The van der Waals surface area contributed by atoms with Crippen LogP contribution in [0.5, 0.6) is 0 Å². The molecule has 0 amide bonds. The maximum absolute atomic E-state index is 13.1. The molecule has 0 aliphatic heterocycles. The van der Waals surface area contributed by atoms with Gasteiger partial charge < -0.3 is 33.8 Å². The van der Waals surface area contributed by atoms with Gasteiger partial charge in [-0.1, -0.05) is 395 Å². The van der Waals surface area contributed by atoms with E-state index in [0.29, 0.717) is 25.7 Å². The third-order valence-electron chi connectivity index (χ3n) is 19.9. The Hall–Kier alpha value is -1.94. The van der Waals surface area contributed by atoms with Crippen LogP contribution >= 0.6 is 15.6 Å². The summed E-state index contributed by atoms with van der Waals surface area (Å²) in [5.74, 6) is 0.176. The van der Waals surface area contributed by atoms with Crippen LogP contribution in [0.25, 0.3) is 0 Å². The van der Waals surface area contributed by atoms with Gasteiger partial charge in [0.25, 0.3) is 0 Å². The lowest BCUT2D eigenvalue weighted by molar-refractivity contribution is -0.161. The Morgan fingerprint density at radius 3 is 0.654 bits per heavy atom. The van der Waals surface area contributed by atoms with Crippen molar-refractivity contribution in [3.05, 3.63) is 0 Å². The fourth-order valence-electron chi connectivity index (χ4n) is 13.2. The van der Waals surface area contributed by atoms with E-state index in [2.05, 4.69) is 48.5 Å². The molecule has 0 fully saturated rings. The van der Waals surface area contributed by atoms with Gasteiger partial charge in [0.15, 0.2) is 12.2 Å². The van der Waals surface area contributed by atoms with E-state index >= 15 is 0 Å². The Labute approximate surface area is 638 Å². The molecule has 0 aliphatic rings. The number of carbonyl (C=O) groups excluding carboxylic acids is 4. The topological polar surface area (TPSA) is 237 Å². The van der Waals surface area contributed by atoms with Gasteiger partial charge in [-0.2, -0.15) is 0 Å². The quantitative estimate of drug-likeness (QED) is 0.0222.